The Labute approximate surface area is 117 Å². The summed E-state index contributed by atoms with van der Waals surface area (Å²) in [5, 5.41) is 4.88. The molecule has 0 aliphatic carbocycles. The highest BCUT2D eigenvalue weighted by molar-refractivity contribution is 7.99. The van der Waals surface area contributed by atoms with Crippen LogP contribution in [0.2, 0.25) is 0 Å². The molecule has 0 aliphatic heterocycles. The van der Waals surface area contributed by atoms with E-state index in [1.54, 1.807) is 6.33 Å². The van der Waals surface area contributed by atoms with Gasteiger partial charge in [0.25, 0.3) is 0 Å². The highest BCUT2D eigenvalue weighted by atomic mass is 32.2. The van der Waals surface area contributed by atoms with Crippen LogP contribution in [0.25, 0.3) is 0 Å². The molecule has 0 radical (unpaired) electrons. The molecule has 0 saturated heterocycles. The van der Waals surface area contributed by atoms with Crippen LogP contribution >= 0.6 is 11.8 Å². The first-order valence-electron chi connectivity index (χ1n) is 6.28. The maximum Gasteiger partial charge on any atom is 0.193 e. The molecule has 0 aromatic carbocycles. The fourth-order valence-corrected chi connectivity index (χ4v) is 2.49. The zero-order chi connectivity index (χ0) is 13.7. The fraction of sp³-hybridized carbons (Fsp3) is 0.385. The molecule has 1 N–H and O–H groups in total. The maximum atomic E-state index is 4.34. The summed E-state index contributed by atoms with van der Waals surface area (Å²) in [6.07, 6.45) is 6.08. The number of hydrogen-bond donors (Lipinski definition) is 1. The minimum absolute atomic E-state index is 0.710. The quantitative estimate of drug-likeness (QED) is 0.668. The molecule has 2 rings (SSSR count). The smallest absolute Gasteiger partial charge is 0.193 e. The highest BCUT2D eigenvalue weighted by Crippen LogP contribution is 2.29. The monoisotopic (exact) mass is 275 g/mol. The molecule has 0 amide bonds. The van der Waals surface area contributed by atoms with Crippen LogP contribution in [0.1, 0.15) is 25.0 Å². The Morgan fingerprint density at radius 1 is 1.11 bits per heavy atom. The molecule has 2 heterocycles. The summed E-state index contributed by atoms with van der Waals surface area (Å²) < 4.78 is 0. The summed E-state index contributed by atoms with van der Waals surface area (Å²) in [4.78, 5) is 17.2. The molecule has 0 unspecified atom stereocenters. The number of anilines is 1. The van der Waals surface area contributed by atoms with E-state index < -0.39 is 0 Å². The van der Waals surface area contributed by atoms with E-state index in [-0.39, 0.29) is 0 Å². The first-order chi connectivity index (χ1) is 9.24. The van der Waals surface area contributed by atoms with E-state index in [1.165, 1.54) is 11.8 Å². The van der Waals surface area contributed by atoms with E-state index in [4.69, 9.17) is 0 Å². The zero-order valence-corrected chi connectivity index (χ0v) is 12.2. The van der Waals surface area contributed by atoms with Gasteiger partial charge < -0.3 is 5.32 Å². The van der Waals surface area contributed by atoms with Crippen LogP contribution in [0.4, 0.5) is 5.82 Å². The van der Waals surface area contributed by atoms with Crippen LogP contribution in [0.5, 0.6) is 0 Å². The van der Waals surface area contributed by atoms with E-state index in [1.807, 2.05) is 19.3 Å². The van der Waals surface area contributed by atoms with Gasteiger partial charge in [-0.3, -0.25) is 0 Å². The van der Waals surface area contributed by atoms with Crippen LogP contribution in [0, 0.1) is 6.92 Å². The second kappa shape index (κ2) is 6.47. The number of nitrogens with one attached hydrogen (secondary N) is 1. The molecule has 2 aromatic heterocycles. The molecule has 19 heavy (non-hydrogen) atoms. The summed E-state index contributed by atoms with van der Waals surface area (Å²) in [5.41, 5.74) is 2.16. The minimum Gasteiger partial charge on any atom is -0.370 e. The van der Waals surface area contributed by atoms with Gasteiger partial charge in [0, 0.05) is 24.5 Å². The van der Waals surface area contributed by atoms with Crippen LogP contribution in [-0.2, 0) is 6.42 Å². The predicted molar refractivity (Wildman–Crippen MR) is 76.5 cm³/mol. The third kappa shape index (κ3) is 3.41. The van der Waals surface area contributed by atoms with Crippen molar-refractivity contribution < 1.29 is 0 Å². The largest absolute Gasteiger partial charge is 0.370 e. The molecule has 0 bridgehead atoms. The van der Waals surface area contributed by atoms with E-state index in [2.05, 4.69) is 39.1 Å². The lowest BCUT2D eigenvalue weighted by molar-refractivity contribution is 0.913. The lowest BCUT2D eigenvalue weighted by Crippen LogP contribution is -2.05. The Morgan fingerprint density at radius 3 is 2.47 bits per heavy atom. The van der Waals surface area contributed by atoms with Crippen LogP contribution in [-0.4, -0.2) is 26.5 Å². The minimum atomic E-state index is 0.710. The lowest BCUT2D eigenvalue weighted by Gasteiger charge is -2.11. The Bertz CT molecular complexity index is 541. The van der Waals surface area contributed by atoms with Crippen molar-refractivity contribution >= 4 is 17.6 Å². The van der Waals surface area contributed by atoms with Gasteiger partial charge in [0.2, 0.25) is 0 Å². The summed E-state index contributed by atoms with van der Waals surface area (Å²) >= 11 is 1.47. The molecule has 0 saturated carbocycles. The molecule has 0 spiro atoms. The second-order valence-corrected chi connectivity index (χ2v) is 4.99. The van der Waals surface area contributed by atoms with Crippen LogP contribution in [0.3, 0.4) is 0 Å². The third-order valence-corrected chi connectivity index (χ3v) is 3.49. The van der Waals surface area contributed by atoms with Crippen LogP contribution in [0.15, 0.2) is 28.9 Å². The molecule has 2 aromatic rings. The summed E-state index contributed by atoms with van der Waals surface area (Å²) in [6, 6.07) is 0. The van der Waals surface area contributed by atoms with Gasteiger partial charge in [-0.1, -0.05) is 6.92 Å². The molecule has 0 atom stereocenters. The third-order valence-electron chi connectivity index (χ3n) is 2.55. The van der Waals surface area contributed by atoms with E-state index in [9.17, 15) is 0 Å². The number of rotatable bonds is 5. The van der Waals surface area contributed by atoms with Crippen molar-refractivity contribution in [1.82, 2.24) is 19.9 Å². The van der Waals surface area contributed by atoms with E-state index in [0.29, 0.717) is 5.16 Å². The van der Waals surface area contributed by atoms with Gasteiger partial charge >= 0.3 is 0 Å². The molecule has 6 heteroatoms. The molecular weight excluding hydrogens is 258 g/mol. The van der Waals surface area contributed by atoms with Crippen molar-refractivity contribution in [1.29, 1.82) is 0 Å². The second-order valence-electron chi connectivity index (χ2n) is 4.03. The number of aryl methyl sites for hydroxylation is 1. The fourth-order valence-electron chi connectivity index (χ4n) is 1.64. The Kier molecular flexibility index (Phi) is 4.68. The predicted octanol–water partition coefficient (Wildman–Crippen LogP) is 2.72. The van der Waals surface area contributed by atoms with Gasteiger partial charge in [0.1, 0.15) is 17.2 Å². The Balaban J connectivity index is 2.28. The maximum absolute atomic E-state index is 4.34. The molecule has 0 fully saturated rings. The van der Waals surface area contributed by atoms with Crippen molar-refractivity contribution in [2.24, 2.45) is 0 Å². The number of nitrogens with zero attached hydrogens (tertiary/aromatic N) is 4. The number of hydrogen-bond acceptors (Lipinski definition) is 6. The van der Waals surface area contributed by atoms with Gasteiger partial charge in [-0.15, -0.1) is 0 Å². The molecule has 100 valence electrons. The Morgan fingerprint density at radius 2 is 1.84 bits per heavy atom. The van der Waals surface area contributed by atoms with Gasteiger partial charge in [-0.25, -0.2) is 19.9 Å². The average molecular weight is 275 g/mol. The van der Waals surface area contributed by atoms with E-state index in [0.717, 1.165) is 34.9 Å². The highest BCUT2D eigenvalue weighted by Gasteiger charge is 2.11. The molecule has 0 aliphatic rings. The summed E-state index contributed by atoms with van der Waals surface area (Å²) in [6.45, 7) is 6.96. The zero-order valence-electron chi connectivity index (χ0n) is 11.3. The normalized spacial score (nSPS) is 10.5. The van der Waals surface area contributed by atoms with Crippen LogP contribution < -0.4 is 5.32 Å². The van der Waals surface area contributed by atoms with Crippen molar-refractivity contribution in [3.63, 3.8) is 0 Å². The van der Waals surface area contributed by atoms with Crippen molar-refractivity contribution in [3.05, 3.63) is 29.8 Å². The standard InChI is InChI=1S/C13H17N5S/c1-4-10-11(14-5-2)17-8-18-12(10)19-13-15-6-9(3)7-16-13/h6-8H,4-5H2,1-3H3,(H,14,17,18). The van der Waals surface area contributed by atoms with Gasteiger partial charge in [-0.2, -0.15) is 0 Å². The van der Waals surface area contributed by atoms with Gasteiger partial charge in [0.15, 0.2) is 5.16 Å². The van der Waals surface area contributed by atoms with Gasteiger partial charge in [0.05, 0.1) is 0 Å². The lowest BCUT2D eigenvalue weighted by atomic mass is 10.2. The average Bonchev–Trinajstić information content (AvgIpc) is 2.42. The molecular formula is C13H17N5S. The first-order valence-corrected chi connectivity index (χ1v) is 7.10. The van der Waals surface area contributed by atoms with Gasteiger partial charge in [-0.05, 0) is 37.6 Å². The molecule has 5 nitrogen and oxygen atoms in total. The summed E-state index contributed by atoms with van der Waals surface area (Å²) in [7, 11) is 0. The van der Waals surface area contributed by atoms with Crippen molar-refractivity contribution in [2.45, 2.75) is 37.4 Å². The SMILES string of the molecule is CCNc1ncnc(Sc2ncc(C)cn2)c1CC. The Hall–Kier alpha value is -1.69. The van der Waals surface area contributed by atoms with Crippen molar-refractivity contribution in [3.8, 4) is 0 Å². The topological polar surface area (TPSA) is 63.6 Å². The van der Waals surface area contributed by atoms with E-state index >= 15 is 0 Å². The first kappa shape index (κ1) is 13.7. The van der Waals surface area contributed by atoms with Crippen molar-refractivity contribution in [2.75, 3.05) is 11.9 Å². The summed E-state index contributed by atoms with van der Waals surface area (Å²) in [5.74, 6) is 0.898. The number of aromatic nitrogens is 4.